The fourth-order valence-corrected chi connectivity index (χ4v) is 3.10. The summed E-state index contributed by atoms with van der Waals surface area (Å²) in [5.74, 6) is -0.894. The summed E-state index contributed by atoms with van der Waals surface area (Å²) in [6.07, 6.45) is 0. The summed E-state index contributed by atoms with van der Waals surface area (Å²) in [4.78, 5) is 36.9. The standard InChI is InChI=1S/C27H26O6/c1-27(2,3)33-25(29)18-31-21-13-9-12-20(16-21)22-14-7-8-15-23(22)26(30)32-17-24(28)19-10-5-4-6-11-19/h4-16H,17-18H2,1-3H3. The smallest absolute Gasteiger partial charge is 0.344 e. The van der Waals surface area contributed by atoms with Gasteiger partial charge in [-0.2, -0.15) is 0 Å². The van der Waals surface area contributed by atoms with Crippen molar-refractivity contribution in [1.29, 1.82) is 0 Å². The van der Waals surface area contributed by atoms with E-state index in [-0.39, 0.29) is 19.0 Å². The summed E-state index contributed by atoms with van der Waals surface area (Å²) >= 11 is 0. The number of hydrogen-bond acceptors (Lipinski definition) is 6. The number of rotatable bonds is 8. The van der Waals surface area contributed by atoms with Crippen LogP contribution in [0.5, 0.6) is 5.75 Å². The third-order valence-corrected chi connectivity index (χ3v) is 4.50. The highest BCUT2D eigenvalue weighted by Gasteiger charge is 2.18. The second-order valence-electron chi connectivity index (χ2n) is 8.31. The SMILES string of the molecule is CC(C)(C)OC(=O)COc1cccc(-c2ccccc2C(=O)OCC(=O)c2ccccc2)c1. The highest BCUT2D eigenvalue weighted by molar-refractivity contribution is 6.01. The van der Waals surface area contributed by atoms with E-state index in [1.165, 1.54) is 0 Å². The van der Waals surface area contributed by atoms with E-state index in [1.807, 2.05) is 12.1 Å². The molecule has 3 aromatic carbocycles. The summed E-state index contributed by atoms with van der Waals surface area (Å²) in [6, 6.07) is 22.6. The highest BCUT2D eigenvalue weighted by atomic mass is 16.6. The zero-order valence-corrected chi connectivity index (χ0v) is 18.9. The van der Waals surface area contributed by atoms with Gasteiger partial charge in [-0.3, -0.25) is 4.79 Å². The van der Waals surface area contributed by atoms with Gasteiger partial charge < -0.3 is 14.2 Å². The summed E-state index contributed by atoms with van der Waals surface area (Å²) in [5.41, 5.74) is 1.54. The van der Waals surface area contributed by atoms with Gasteiger partial charge in [-0.25, -0.2) is 9.59 Å². The molecule has 0 saturated heterocycles. The Labute approximate surface area is 193 Å². The zero-order valence-electron chi connectivity index (χ0n) is 18.9. The van der Waals surface area contributed by atoms with Crippen molar-refractivity contribution in [3.63, 3.8) is 0 Å². The molecule has 3 rings (SSSR count). The lowest BCUT2D eigenvalue weighted by molar-refractivity contribution is -0.157. The average molecular weight is 446 g/mol. The van der Waals surface area contributed by atoms with E-state index in [0.29, 0.717) is 28.0 Å². The molecule has 0 unspecified atom stereocenters. The molecule has 0 fully saturated rings. The Balaban J connectivity index is 1.70. The van der Waals surface area contributed by atoms with Gasteiger partial charge in [-0.1, -0.05) is 60.7 Å². The van der Waals surface area contributed by atoms with Gasteiger partial charge in [0.05, 0.1) is 5.56 Å². The third-order valence-electron chi connectivity index (χ3n) is 4.50. The van der Waals surface area contributed by atoms with Crippen LogP contribution in [0.2, 0.25) is 0 Å². The molecule has 0 radical (unpaired) electrons. The van der Waals surface area contributed by atoms with Gasteiger partial charge in [0.25, 0.3) is 0 Å². The second-order valence-corrected chi connectivity index (χ2v) is 8.31. The minimum Gasteiger partial charge on any atom is -0.482 e. The molecule has 0 atom stereocenters. The lowest BCUT2D eigenvalue weighted by Crippen LogP contribution is -2.27. The number of benzene rings is 3. The van der Waals surface area contributed by atoms with Gasteiger partial charge >= 0.3 is 11.9 Å². The van der Waals surface area contributed by atoms with Crippen molar-refractivity contribution >= 4 is 17.7 Å². The molecule has 0 amide bonds. The van der Waals surface area contributed by atoms with Gasteiger partial charge in [-0.15, -0.1) is 0 Å². The summed E-state index contributed by atoms with van der Waals surface area (Å²) in [5, 5.41) is 0. The number of hydrogen-bond donors (Lipinski definition) is 0. The molecule has 170 valence electrons. The first-order valence-corrected chi connectivity index (χ1v) is 10.5. The molecule has 0 spiro atoms. The van der Waals surface area contributed by atoms with Crippen molar-refractivity contribution in [1.82, 2.24) is 0 Å². The van der Waals surface area contributed by atoms with Crippen molar-refractivity contribution in [3.05, 3.63) is 90.0 Å². The Kier molecular flexibility index (Phi) is 7.61. The summed E-state index contributed by atoms with van der Waals surface area (Å²) < 4.78 is 16.1. The summed E-state index contributed by atoms with van der Waals surface area (Å²) in [6.45, 7) is 4.78. The van der Waals surface area contributed by atoms with Crippen molar-refractivity contribution in [2.24, 2.45) is 0 Å². The molecule has 0 aromatic heterocycles. The summed E-state index contributed by atoms with van der Waals surface area (Å²) in [7, 11) is 0. The predicted octanol–water partition coefficient (Wildman–Crippen LogP) is 5.11. The Morgan fingerprint density at radius 3 is 2.21 bits per heavy atom. The van der Waals surface area contributed by atoms with E-state index in [4.69, 9.17) is 14.2 Å². The lowest BCUT2D eigenvalue weighted by atomic mass is 9.99. The zero-order chi connectivity index (χ0) is 23.8. The largest absolute Gasteiger partial charge is 0.482 e. The van der Waals surface area contributed by atoms with E-state index in [1.54, 1.807) is 87.5 Å². The minimum absolute atomic E-state index is 0.230. The molecule has 3 aromatic rings. The molecule has 0 saturated carbocycles. The average Bonchev–Trinajstić information content (AvgIpc) is 2.80. The molecule has 6 heteroatoms. The molecular formula is C27H26O6. The Morgan fingerprint density at radius 2 is 1.48 bits per heavy atom. The van der Waals surface area contributed by atoms with Gasteiger partial charge in [-0.05, 0) is 50.1 Å². The monoisotopic (exact) mass is 446 g/mol. The van der Waals surface area contributed by atoms with Crippen LogP contribution in [0.25, 0.3) is 11.1 Å². The van der Waals surface area contributed by atoms with Crippen LogP contribution in [0.4, 0.5) is 0 Å². The van der Waals surface area contributed by atoms with Crippen LogP contribution >= 0.6 is 0 Å². The molecule has 33 heavy (non-hydrogen) atoms. The van der Waals surface area contributed by atoms with Crippen molar-refractivity contribution in [2.75, 3.05) is 13.2 Å². The number of Topliss-reactive ketones (excluding diaryl/α,β-unsaturated/α-hetero) is 1. The Morgan fingerprint density at radius 1 is 0.788 bits per heavy atom. The van der Waals surface area contributed by atoms with Crippen LogP contribution < -0.4 is 4.74 Å². The highest BCUT2D eigenvalue weighted by Crippen LogP contribution is 2.27. The fourth-order valence-electron chi connectivity index (χ4n) is 3.10. The third kappa shape index (κ3) is 7.04. The van der Waals surface area contributed by atoms with E-state index in [0.717, 1.165) is 0 Å². The topological polar surface area (TPSA) is 78.9 Å². The van der Waals surface area contributed by atoms with Crippen LogP contribution in [0, 0.1) is 0 Å². The molecule has 0 aliphatic heterocycles. The van der Waals surface area contributed by atoms with Crippen molar-refractivity contribution in [3.8, 4) is 16.9 Å². The van der Waals surface area contributed by atoms with Gasteiger partial charge in [0.1, 0.15) is 11.4 Å². The molecule has 0 heterocycles. The van der Waals surface area contributed by atoms with E-state index in [9.17, 15) is 14.4 Å². The second kappa shape index (κ2) is 10.6. The first kappa shape index (κ1) is 23.7. The first-order chi connectivity index (χ1) is 15.7. The van der Waals surface area contributed by atoms with Gasteiger partial charge in [0.2, 0.25) is 0 Å². The number of ether oxygens (including phenoxy) is 3. The van der Waals surface area contributed by atoms with Crippen LogP contribution in [-0.4, -0.2) is 36.5 Å². The molecule has 0 N–H and O–H groups in total. The predicted molar refractivity (Wildman–Crippen MR) is 124 cm³/mol. The fraction of sp³-hybridized carbons (Fsp3) is 0.222. The number of carbonyl (C=O) groups is 3. The van der Waals surface area contributed by atoms with Crippen LogP contribution in [0.1, 0.15) is 41.5 Å². The number of ketones is 1. The molecule has 6 nitrogen and oxygen atoms in total. The van der Waals surface area contributed by atoms with Crippen LogP contribution in [0.15, 0.2) is 78.9 Å². The Hall–Kier alpha value is -3.93. The minimum atomic E-state index is -0.602. The Bertz CT molecular complexity index is 1130. The van der Waals surface area contributed by atoms with E-state index in [2.05, 4.69) is 0 Å². The van der Waals surface area contributed by atoms with E-state index >= 15 is 0 Å². The maximum absolute atomic E-state index is 12.7. The van der Waals surface area contributed by atoms with E-state index < -0.39 is 17.5 Å². The lowest BCUT2D eigenvalue weighted by Gasteiger charge is -2.19. The molecule has 0 bridgehead atoms. The number of carbonyl (C=O) groups excluding carboxylic acids is 3. The number of esters is 2. The van der Waals surface area contributed by atoms with Crippen LogP contribution in [0.3, 0.4) is 0 Å². The first-order valence-electron chi connectivity index (χ1n) is 10.5. The molecule has 0 aliphatic rings. The molecule has 0 aliphatic carbocycles. The quantitative estimate of drug-likeness (QED) is 0.353. The normalized spacial score (nSPS) is 10.9. The van der Waals surface area contributed by atoms with Crippen LogP contribution in [-0.2, 0) is 14.3 Å². The maximum atomic E-state index is 12.7. The molecular weight excluding hydrogens is 420 g/mol. The van der Waals surface area contributed by atoms with Crippen molar-refractivity contribution in [2.45, 2.75) is 26.4 Å². The van der Waals surface area contributed by atoms with Gasteiger partial charge in [0, 0.05) is 5.56 Å². The maximum Gasteiger partial charge on any atom is 0.344 e. The van der Waals surface area contributed by atoms with Gasteiger partial charge in [0.15, 0.2) is 19.0 Å². The van der Waals surface area contributed by atoms with Crippen molar-refractivity contribution < 1.29 is 28.6 Å².